The van der Waals surface area contributed by atoms with Crippen molar-refractivity contribution in [3.63, 3.8) is 0 Å². The van der Waals surface area contributed by atoms with Gasteiger partial charge in [-0.25, -0.2) is 13.6 Å². The van der Waals surface area contributed by atoms with Gasteiger partial charge < -0.3 is 10.6 Å². The van der Waals surface area contributed by atoms with Crippen LogP contribution in [0, 0.1) is 5.92 Å². The van der Waals surface area contributed by atoms with E-state index in [9.17, 15) is 18.0 Å². The molecule has 0 aromatic heterocycles. The molecule has 2 amide bonds. The Hall–Kier alpha value is -1.15. The maximum atomic E-state index is 11.5. The first kappa shape index (κ1) is 12.9. The zero-order valence-corrected chi connectivity index (χ0v) is 9.55. The van der Waals surface area contributed by atoms with E-state index in [1.165, 1.54) is 0 Å². The standard InChI is InChI=1S/C8H15N3O4S/c9-16(14,15)4-3-10-8(13)6-1-2-7(12)11-5-6/h6H,1-5H2,(H,10,13)(H,11,12)(H2,9,14,15). The van der Waals surface area contributed by atoms with Crippen molar-refractivity contribution < 1.29 is 18.0 Å². The first-order valence-corrected chi connectivity index (χ1v) is 6.65. The quantitative estimate of drug-likeness (QED) is 0.529. The van der Waals surface area contributed by atoms with Crippen LogP contribution in [-0.4, -0.2) is 39.1 Å². The van der Waals surface area contributed by atoms with Crippen LogP contribution >= 0.6 is 0 Å². The average Bonchev–Trinajstić information content (AvgIpc) is 2.16. The third kappa shape index (κ3) is 4.58. The van der Waals surface area contributed by atoms with Crippen LogP contribution in [0.4, 0.5) is 0 Å². The van der Waals surface area contributed by atoms with Crippen molar-refractivity contribution in [1.29, 1.82) is 0 Å². The molecule has 4 N–H and O–H groups in total. The molecule has 0 bridgehead atoms. The van der Waals surface area contributed by atoms with Crippen molar-refractivity contribution >= 4 is 21.8 Å². The van der Waals surface area contributed by atoms with Crippen molar-refractivity contribution in [2.75, 3.05) is 18.8 Å². The fourth-order valence-electron chi connectivity index (χ4n) is 1.42. The van der Waals surface area contributed by atoms with E-state index in [4.69, 9.17) is 5.14 Å². The van der Waals surface area contributed by atoms with Gasteiger partial charge in [0.05, 0.1) is 11.7 Å². The molecule has 0 aromatic rings. The van der Waals surface area contributed by atoms with Gasteiger partial charge in [-0.05, 0) is 6.42 Å². The molecule has 0 radical (unpaired) electrons. The van der Waals surface area contributed by atoms with E-state index in [2.05, 4.69) is 10.6 Å². The topological polar surface area (TPSA) is 118 Å². The monoisotopic (exact) mass is 249 g/mol. The van der Waals surface area contributed by atoms with Crippen molar-refractivity contribution in [3.8, 4) is 0 Å². The minimum Gasteiger partial charge on any atom is -0.355 e. The largest absolute Gasteiger partial charge is 0.355 e. The number of sulfonamides is 1. The summed E-state index contributed by atoms with van der Waals surface area (Å²) in [6.45, 7) is 0.308. The van der Waals surface area contributed by atoms with Crippen LogP contribution in [0.15, 0.2) is 0 Å². The second-order valence-corrected chi connectivity index (χ2v) is 5.43. The Morgan fingerprint density at radius 3 is 2.75 bits per heavy atom. The van der Waals surface area contributed by atoms with E-state index in [-0.39, 0.29) is 30.0 Å². The lowest BCUT2D eigenvalue weighted by Gasteiger charge is -2.21. The molecule has 0 aliphatic carbocycles. The Morgan fingerprint density at radius 2 is 2.25 bits per heavy atom. The second kappa shape index (κ2) is 5.26. The third-order valence-electron chi connectivity index (χ3n) is 2.32. The van der Waals surface area contributed by atoms with Crippen LogP contribution in [-0.2, 0) is 19.6 Å². The number of carbonyl (C=O) groups excluding carboxylic acids is 2. The van der Waals surface area contributed by atoms with Gasteiger partial charge in [0.15, 0.2) is 0 Å². The molecule has 0 saturated carbocycles. The fraction of sp³-hybridized carbons (Fsp3) is 0.750. The highest BCUT2D eigenvalue weighted by Gasteiger charge is 2.24. The van der Waals surface area contributed by atoms with Crippen LogP contribution in [0.25, 0.3) is 0 Å². The molecule has 1 aliphatic heterocycles. The molecule has 8 heteroatoms. The summed E-state index contributed by atoms with van der Waals surface area (Å²) in [6, 6.07) is 0. The highest BCUT2D eigenvalue weighted by atomic mass is 32.2. The molecule has 1 atom stereocenters. The lowest BCUT2D eigenvalue weighted by Crippen LogP contribution is -2.44. The maximum absolute atomic E-state index is 11.5. The van der Waals surface area contributed by atoms with Crippen LogP contribution in [0.5, 0.6) is 0 Å². The van der Waals surface area contributed by atoms with Crippen molar-refractivity contribution in [2.24, 2.45) is 11.1 Å². The van der Waals surface area contributed by atoms with Crippen LogP contribution in [0.1, 0.15) is 12.8 Å². The molecule has 1 saturated heterocycles. The number of nitrogens with two attached hydrogens (primary N) is 1. The molecular weight excluding hydrogens is 234 g/mol. The summed E-state index contributed by atoms with van der Waals surface area (Å²) >= 11 is 0. The normalized spacial score (nSPS) is 21.3. The van der Waals surface area contributed by atoms with Crippen LogP contribution < -0.4 is 15.8 Å². The van der Waals surface area contributed by atoms with Crippen molar-refractivity contribution in [1.82, 2.24) is 10.6 Å². The molecule has 1 aliphatic rings. The van der Waals surface area contributed by atoms with Gasteiger partial charge in [-0.3, -0.25) is 9.59 Å². The van der Waals surface area contributed by atoms with Crippen molar-refractivity contribution in [3.05, 3.63) is 0 Å². The number of hydrogen-bond donors (Lipinski definition) is 3. The predicted molar refractivity (Wildman–Crippen MR) is 56.7 cm³/mol. The molecule has 0 aromatic carbocycles. The van der Waals surface area contributed by atoms with Crippen LogP contribution in [0.3, 0.4) is 0 Å². The summed E-state index contributed by atoms with van der Waals surface area (Å²) in [5, 5.41) is 9.83. The molecule has 7 nitrogen and oxygen atoms in total. The minimum absolute atomic E-state index is 0.00210. The van der Waals surface area contributed by atoms with Crippen LogP contribution in [0.2, 0.25) is 0 Å². The lowest BCUT2D eigenvalue weighted by molar-refractivity contribution is -0.128. The molecule has 1 unspecified atom stereocenters. The Balaban J connectivity index is 2.28. The Bertz CT molecular complexity index is 369. The summed E-state index contributed by atoms with van der Waals surface area (Å²) in [5.74, 6) is -0.868. The molecule has 1 rings (SSSR count). The number of amides is 2. The summed E-state index contributed by atoms with van der Waals surface area (Å²) in [4.78, 5) is 22.3. The Morgan fingerprint density at radius 1 is 1.56 bits per heavy atom. The molecule has 92 valence electrons. The van der Waals surface area contributed by atoms with E-state index in [0.29, 0.717) is 19.4 Å². The first-order valence-electron chi connectivity index (χ1n) is 4.93. The number of primary sulfonamides is 1. The summed E-state index contributed by atoms with van der Waals surface area (Å²) in [7, 11) is -3.54. The van der Waals surface area contributed by atoms with Gasteiger partial charge in [-0.1, -0.05) is 0 Å². The average molecular weight is 249 g/mol. The van der Waals surface area contributed by atoms with Gasteiger partial charge in [0, 0.05) is 19.5 Å². The number of hydrogen-bond acceptors (Lipinski definition) is 4. The maximum Gasteiger partial charge on any atom is 0.224 e. The highest BCUT2D eigenvalue weighted by Crippen LogP contribution is 2.10. The summed E-state index contributed by atoms with van der Waals surface area (Å²) in [5.41, 5.74) is 0. The fourth-order valence-corrected chi connectivity index (χ4v) is 1.80. The van der Waals surface area contributed by atoms with E-state index in [1.807, 2.05) is 0 Å². The first-order chi connectivity index (χ1) is 7.38. The molecule has 1 heterocycles. The Labute approximate surface area is 93.8 Å². The molecular formula is C8H15N3O4S. The number of carbonyl (C=O) groups is 2. The zero-order valence-electron chi connectivity index (χ0n) is 8.73. The summed E-state index contributed by atoms with van der Waals surface area (Å²) in [6.07, 6.45) is 0.820. The number of nitrogens with one attached hydrogen (secondary N) is 2. The van der Waals surface area contributed by atoms with Gasteiger partial charge in [-0.2, -0.15) is 0 Å². The zero-order chi connectivity index (χ0) is 12.2. The third-order valence-corrected chi connectivity index (χ3v) is 3.10. The van der Waals surface area contributed by atoms with E-state index in [1.54, 1.807) is 0 Å². The Kier molecular flexibility index (Phi) is 4.25. The number of piperidine rings is 1. The predicted octanol–water partition coefficient (Wildman–Crippen LogP) is -2.08. The molecule has 1 fully saturated rings. The van der Waals surface area contributed by atoms with Gasteiger partial charge in [-0.15, -0.1) is 0 Å². The SMILES string of the molecule is NS(=O)(=O)CCNC(=O)C1CCC(=O)NC1. The van der Waals surface area contributed by atoms with Gasteiger partial charge in [0.1, 0.15) is 0 Å². The van der Waals surface area contributed by atoms with E-state index < -0.39 is 10.0 Å². The highest BCUT2D eigenvalue weighted by molar-refractivity contribution is 7.89. The molecule has 0 spiro atoms. The smallest absolute Gasteiger partial charge is 0.224 e. The lowest BCUT2D eigenvalue weighted by atomic mass is 9.98. The van der Waals surface area contributed by atoms with Gasteiger partial charge in [0.2, 0.25) is 21.8 Å². The summed E-state index contributed by atoms with van der Waals surface area (Å²) < 4.78 is 21.2. The minimum atomic E-state index is -3.54. The van der Waals surface area contributed by atoms with E-state index >= 15 is 0 Å². The van der Waals surface area contributed by atoms with Crippen molar-refractivity contribution in [2.45, 2.75) is 12.8 Å². The number of rotatable bonds is 4. The van der Waals surface area contributed by atoms with Gasteiger partial charge >= 0.3 is 0 Å². The van der Waals surface area contributed by atoms with Gasteiger partial charge in [0.25, 0.3) is 0 Å². The molecule has 16 heavy (non-hydrogen) atoms. The van der Waals surface area contributed by atoms with E-state index in [0.717, 1.165) is 0 Å². The second-order valence-electron chi connectivity index (χ2n) is 3.70.